The van der Waals surface area contributed by atoms with Gasteiger partial charge in [0, 0.05) is 11.2 Å². The molecule has 0 aliphatic heterocycles. The maximum Gasteiger partial charge on any atom is 0.116 e. The second-order valence-corrected chi connectivity index (χ2v) is 3.89. The van der Waals surface area contributed by atoms with Gasteiger partial charge in [-0.05, 0) is 0 Å². The predicted octanol–water partition coefficient (Wildman–Crippen LogP) is -0.0950. The highest BCUT2D eigenvalue weighted by atomic mass is 32.8. The zero-order valence-electron chi connectivity index (χ0n) is 3.59. The highest BCUT2D eigenvalue weighted by Gasteiger charge is 1.81. The van der Waals surface area contributed by atoms with E-state index in [0.29, 0.717) is 0 Å². The summed E-state index contributed by atoms with van der Waals surface area (Å²) in [6.45, 7) is 3.14. The number of hydrogen-bond acceptors (Lipinski definition) is 2. The highest BCUT2D eigenvalue weighted by molar-refractivity contribution is 8.33. The molecule has 0 heterocycles. The summed E-state index contributed by atoms with van der Waals surface area (Å²) in [6, 6.07) is 0. The van der Waals surface area contributed by atoms with E-state index in [2.05, 4.69) is 23.5 Å². The minimum absolute atomic E-state index is 1.07. The number of nitrogens with two attached hydrogens (primary N) is 1. The molecular formula is C3H5NOS2. The van der Waals surface area contributed by atoms with E-state index in [1.165, 1.54) is 0 Å². The van der Waals surface area contributed by atoms with E-state index >= 15 is 0 Å². The second kappa shape index (κ2) is 2.23. The maximum absolute atomic E-state index is 10.2. The van der Waals surface area contributed by atoms with Crippen molar-refractivity contribution in [3.8, 4) is 0 Å². The summed E-state index contributed by atoms with van der Waals surface area (Å²) >= 11 is 4.23. The van der Waals surface area contributed by atoms with E-state index in [0.717, 1.165) is 5.41 Å². The van der Waals surface area contributed by atoms with Crippen LogP contribution in [0.5, 0.6) is 0 Å². The van der Waals surface area contributed by atoms with Crippen molar-refractivity contribution < 1.29 is 4.21 Å². The average molecular weight is 135 g/mol. The van der Waals surface area contributed by atoms with Crippen molar-refractivity contribution in [3.05, 3.63) is 17.7 Å². The van der Waals surface area contributed by atoms with Crippen LogP contribution in [-0.4, -0.2) is 4.21 Å². The topological polar surface area (TPSA) is 43.1 Å². The summed E-state index contributed by atoms with van der Waals surface area (Å²) in [4.78, 5) is 0. The van der Waals surface area contributed by atoms with E-state index in [4.69, 9.17) is 5.14 Å². The van der Waals surface area contributed by atoms with Crippen LogP contribution in [0.1, 0.15) is 0 Å². The van der Waals surface area contributed by atoms with Gasteiger partial charge in [0.1, 0.15) is 8.68 Å². The standard InChI is InChI=1S/C3H5NOS2/c1-2-3-7(4,5)6/h3H,1H2,(H2,4,5,6). The van der Waals surface area contributed by atoms with Crippen molar-refractivity contribution >= 4 is 19.9 Å². The van der Waals surface area contributed by atoms with Gasteiger partial charge in [0.15, 0.2) is 0 Å². The lowest BCUT2D eigenvalue weighted by Gasteiger charge is -1.79. The second-order valence-electron chi connectivity index (χ2n) is 0.911. The van der Waals surface area contributed by atoms with Gasteiger partial charge in [0.05, 0.1) is 5.41 Å². The van der Waals surface area contributed by atoms with E-state index in [9.17, 15) is 4.21 Å². The van der Waals surface area contributed by atoms with Crippen LogP contribution in [-0.2, 0) is 19.9 Å². The molecule has 0 aromatic rings. The summed E-state index contributed by atoms with van der Waals surface area (Å²) in [5, 5.41) is 5.90. The largest absolute Gasteiger partial charge is 0.247 e. The van der Waals surface area contributed by atoms with Crippen LogP contribution in [0.4, 0.5) is 0 Å². The Morgan fingerprint density at radius 3 is 2.43 bits per heavy atom. The Morgan fingerprint density at radius 2 is 2.43 bits per heavy atom. The molecule has 0 aliphatic rings. The van der Waals surface area contributed by atoms with Gasteiger partial charge in [-0.25, -0.2) is 9.35 Å². The van der Waals surface area contributed by atoms with Crippen LogP contribution in [0.25, 0.3) is 0 Å². The maximum atomic E-state index is 10.2. The molecule has 2 N–H and O–H groups in total. The first-order valence-electron chi connectivity index (χ1n) is 1.45. The third-order valence-electron chi connectivity index (χ3n) is 0.248. The lowest BCUT2D eigenvalue weighted by atomic mass is 11.0. The molecular weight excluding hydrogens is 130 g/mol. The van der Waals surface area contributed by atoms with Crippen molar-refractivity contribution in [3.63, 3.8) is 0 Å². The number of hydrogen-bond donors (Lipinski definition) is 1. The van der Waals surface area contributed by atoms with E-state index in [-0.39, 0.29) is 0 Å². The molecule has 1 unspecified atom stereocenters. The molecule has 0 spiro atoms. The summed E-state index contributed by atoms with van der Waals surface area (Å²) in [5.74, 6) is 0. The van der Waals surface area contributed by atoms with Crippen molar-refractivity contribution in [2.45, 2.75) is 0 Å². The Labute approximate surface area is 47.5 Å². The van der Waals surface area contributed by atoms with Crippen molar-refractivity contribution in [2.24, 2.45) is 5.14 Å². The average Bonchev–Trinajstić information content (AvgIpc) is 1.30. The molecule has 0 bridgehead atoms. The molecule has 4 heteroatoms. The van der Waals surface area contributed by atoms with Gasteiger partial charge >= 0.3 is 0 Å². The van der Waals surface area contributed by atoms with Gasteiger partial charge in [-0.1, -0.05) is 6.58 Å². The van der Waals surface area contributed by atoms with E-state index < -0.39 is 8.68 Å². The quantitative estimate of drug-likeness (QED) is 0.510. The van der Waals surface area contributed by atoms with Gasteiger partial charge < -0.3 is 0 Å². The zero-order chi connectivity index (χ0) is 5.91. The zero-order valence-corrected chi connectivity index (χ0v) is 5.22. The Hall–Kier alpha value is -0.150. The smallest absolute Gasteiger partial charge is 0.116 e. The predicted molar refractivity (Wildman–Crippen MR) is 33.4 cm³/mol. The van der Waals surface area contributed by atoms with Gasteiger partial charge in [-0.2, -0.15) is 0 Å². The van der Waals surface area contributed by atoms with Crippen LogP contribution in [0.2, 0.25) is 0 Å². The van der Waals surface area contributed by atoms with Crippen LogP contribution in [0.3, 0.4) is 0 Å². The number of rotatable bonds is 1. The molecule has 0 rings (SSSR count). The summed E-state index contributed by atoms with van der Waals surface area (Å²) < 4.78 is 10.2. The molecule has 2 nitrogen and oxygen atoms in total. The molecule has 7 heavy (non-hydrogen) atoms. The third kappa shape index (κ3) is 5.85. The van der Waals surface area contributed by atoms with Gasteiger partial charge in [-0.3, -0.25) is 0 Å². The Morgan fingerprint density at radius 1 is 2.00 bits per heavy atom. The first-order valence-corrected chi connectivity index (χ1v) is 4.06. The van der Waals surface area contributed by atoms with Crippen molar-refractivity contribution in [1.29, 1.82) is 0 Å². The van der Waals surface area contributed by atoms with Crippen molar-refractivity contribution in [2.75, 3.05) is 0 Å². The molecule has 0 aromatic carbocycles. The molecule has 0 aromatic heterocycles. The molecule has 0 radical (unpaired) electrons. The van der Waals surface area contributed by atoms with E-state index in [1.807, 2.05) is 0 Å². The van der Waals surface area contributed by atoms with Gasteiger partial charge in [0.25, 0.3) is 0 Å². The minimum Gasteiger partial charge on any atom is -0.247 e. The first-order chi connectivity index (χ1) is 3.06. The molecule has 0 aliphatic carbocycles. The molecule has 0 fully saturated rings. The Balaban J connectivity index is 4.44. The van der Waals surface area contributed by atoms with Gasteiger partial charge in [0.2, 0.25) is 0 Å². The lowest BCUT2D eigenvalue weighted by molar-refractivity contribution is 0.688. The molecule has 40 valence electrons. The Bertz CT molecular complexity index is 185. The minimum atomic E-state index is -2.64. The monoisotopic (exact) mass is 135 g/mol. The fourth-order valence-electron chi connectivity index (χ4n) is 0.116. The van der Waals surface area contributed by atoms with Crippen LogP contribution in [0.15, 0.2) is 17.7 Å². The highest BCUT2D eigenvalue weighted by Crippen LogP contribution is 1.74. The van der Waals surface area contributed by atoms with Crippen molar-refractivity contribution in [1.82, 2.24) is 0 Å². The van der Waals surface area contributed by atoms with Gasteiger partial charge in [-0.15, -0.1) is 5.73 Å². The van der Waals surface area contributed by atoms with Crippen LogP contribution in [0, 0.1) is 0 Å². The summed E-state index contributed by atoms with van der Waals surface area (Å²) in [6.07, 6.45) is 0. The summed E-state index contributed by atoms with van der Waals surface area (Å²) in [7, 11) is -2.64. The molecule has 1 atom stereocenters. The fraction of sp³-hybridized carbons (Fsp3) is 0. The molecule has 0 saturated carbocycles. The first kappa shape index (κ1) is 6.85. The van der Waals surface area contributed by atoms with Crippen LogP contribution >= 0.6 is 0 Å². The lowest BCUT2D eigenvalue weighted by Crippen LogP contribution is -2.04. The molecule has 0 amide bonds. The van der Waals surface area contributed by atoms with Crippen LogP contribution < -0.4 is 5.14 Å². The normalized spacial score (nSPS) is 16.7. The SMILES string of the molecule is C=C=CS(N)(=O)=S. The van der Waals surface area contributed by atoms with E-state index in [1.54, 1.807) is 0 Å². The fourth-order valence-corrected chi connectivity index (χ4v) is 0.553. The molecule has 0 saturated heterocycles. The third-order valence-corrected chi connectivity index (χ3v) is 1.03. The Kier molecular flexibility index (Phi) is 2.19. The summed E-state index contributed by atoms with van der Waals surface area (Å²) in [5.41, 5.74) is 2.23.